The SMILES string of the molecule is Cc1ccc(S(=O)(=O)OCCCCCC[B-](F)(F)F)cc1. The van der Waals surface area contributed by atoms with Crippen molar-refractivity contribution in [3.8, 4) is 0 Å². The number of unbranched alkanes of at least 4 members (excludes halogenated alkanes) is 3. The molecule has 0 amide bonds. The molecule has 0 unspecified atom stereocenters. The molecule has 1 rings (SSSR count). The Balaban J connectivity index is 2.24. The van der Waals surface area contributed by atoms with Crippen LogP contribution >= 0.6 is 0 Å². The summed E-state index contributed by atoms with van der Waals surface area (Å²) in [4.78, 5) is 0.0906. The van der Waals surface area contributed by atoms with E-state index in [1.165, 1.54) is 12.1 Å². The molecule has 0 atom stereocenters. The molecule has 0 aliphatic carbocycles. The average molecular weight is 323 g/mol. The Hall–Kier alpha value is -1.02. The molecule has 0 aliphatic heterocycles. The van der Waals surface area contributed by atoms with Crippen LogP contribution in [-0.4, -0.2) is 22.0 Å². The first kappa shape index (κ1) is 18.0. The Morgan fingerprint density at radius 3 is 2.14 bits per heavy atom. The van der Waals surface area contributed by atoms with Gasteiger partial charge in [-0.05, 0) is 25.5 Å². The molecule has 0 fully saturated rings. The van der Waals surface area contributed by atoms with Gasteiger partial charge >= 0.3 is 6.98 Å². The van der Waals surface area contributed by atoms with Gasteiger partial charge in [0.15, 0.2) is 0 Å². The molecule has 8 heteroatoms. The Morgan fingerprint density at radius 2 is 1.57 bits per heavy atom. The Morgan fingerprint density at radius 1 is 1.00 bits per heavy atom. The van der Waals surface area contributed by atoms with Gasteiger partial charge < -0.3 is 12.9 Å². The number of hydrogen-bond acceptors (Lipinski definition) is 3. The molecule has 0 radical (unpaired) electrons. The quantitative estimate of drug-likeness (QED) is 0.390. The van der Waals surface area contributed by atoms with Crippen LogP contribution < -0.4 is 0 Å². The van der Waals surface area contributed by atoms with E-state index in [0.717, 1.165) is 5.56 Å². The third-order valence-electron chi connectivity index (χ3n) is 2.97. The Bertz CT molecular complexity index is 527. The van der Waals surface area contributed by atoms with Gasteiger partial charge in [0.1, 0.15) is 0 Å². The number of benzene rings is 1. The molecule has 0 aliphatic rings. The first-order valence-electron chi connectivity index (χ1n) is 6.88. The fourth-order valence-corrected chi connectivity index (χ4v) is 2.72. The summed E-state index contributed by atoms with van der Waals surface area (Å²) < 4.78 is 64.3. The lowest BCUT2D eigenvalue weighted by atomic mass is 9.83. The summed E-state index contributed by atoms with van der Waals surface area (Å²) in [5.41, 5.74) is 0.945. The van der Waals surface area contributed by atoms with E-state index in [4.69, 9.17) is 4.18 Å². The zero-order chi connectivity index (χ0) is 15.9. The summed E-state index contributed by atoms with van der Waals surface area (Å²) >= 11 is 0. The van der Waals surface area contributed by atoms with Crippen LogP contribution in [0.2, 0.25) is 6.32 Å². The van der Waals surface area contributed by atoms with Gasteiger partial charge in [-0.15, -0.1) is 0 Å². The highest BCUT2D eigenvalue weighted by Crippen LogP contribution is 2.19. The molecule has 0 aromatic heterocycles. The van der Waals surface area contributed by atoms with Crippen molar-refractivity contribution in [3.05, 3.63) is 29.8 Å². The van der Waals surface area contributed by atoms with Crippen molar-refractivity contribution in [3.63, 3.8) is 0 Å². The third kappa shape index (κ3) is 7.52. The molecular formula is C13H19BF3O3S-. The van der Waals surface area contributed by atoms with Crippen molar-refractivity contribution in [1.82, 2.24) is 0 Å². The van der Waals surface area contributed by atoms with Gasteiger partial charge in [0.25, 0.3) is 10.1 Å². The van der Waals surface area contributed by atoms with Crippen molar-refractivity contribution >= 4 is 17.1 Å². The van der Waals surface area contributed by atoms with E-state index < -0.39 is 23.4 Å². The van der Waals surface area contributed by atoms with Gasteiger partial charge in [0.2, 0.25) is 0 Å². The molecule has 21 heavy (non-hydrogen) atoms. The van der Waals surface area contributed by atoms with Crippen LogP contribution in [0, 0.1) is 6.92 Å². The molecule has 1 aromatic carbocycles. The van der Waals surface area contributed by atoms with E-state index in [1.807, 2.05) is 6.92 Å². The van der Waals surface area contributed by atoms with Crippen molar-refractivity contribution < 1.29 is 25.5 Å². The van der Waals surface area contributed by atoms with E-state index in [2.05, 4.69) is 0 Å². The van der Waals surface area contributed by atoms with E-state index in [1.54, 1.807) is 12.1 Å². The summed E-state index contributed by atoms with van der Waals surface area (Å²) in [5, 5.41) is 0. The zero-order valence-electron chi connectivity index (χ0n) is 11.9. The molecule has 0 N–H and O–H groups in total. The fourth-order valence-electron chi connectivity index (χ4n) is 1.77. The van der Waals surface area contributed by atoms with E-state index in [-0.39, 0.29) is 17.9 Å². The normalized spacial score (nSPS) is 12.6. The van der Waals surface area contributed by atoms with Crippen molar-refractivity contribution in [2.24, 2.45) is 0 Å². The van der Waals surface area contributed by atoms with Gasteiger partial charge in [-0.2, -0.15) is 8.42 Å². The molecule has 3 nitrogen and oxygen atoms in total. The minimum Gasteiger partial charge on any atom is -0.449 e. The maximum Gasteiger partial charge on any atom is 0.478 e. The van der Waals surface area contributed by atoms with Crippen molar-refractivity contribution in [2.75, 3.05) is 6.61 Å². The van der Waals surface area contributed by atoms with Crippen LogP contribution in [0.1, 0.15) is 31.2 Å². The van der Waals surface area contributed by atoms with Gasteiger partial charge in [-0.25, -0.2) is 0 Å². The molecule has 0 spiro atoms. The molecule has 0 saturated heterocycles. The van der Waals surface area contributed by atoms with E-state index >= 15 is 0 Å². The number of hydrogen-bond donors (Lipinski definition) is 0. The molecule has 0 heterocycles. The monoisotopic (exact) mass is 323 g/mol. The lowest BCUT2D eigenvalue weighted by molar-refractivity contribution is 0.306. The Kier molecular flexibility index (Phi) is 6.73. The maximum atomic E-state index is 12.0. The van der Waals surface area contributed by atoms with Crippen LogP contribution in [0.15, 0.2) is 29.2 Å². The van der Waals surface area contributed by atoms with Crippen LogP contribution in [0.3, 0.4) is 0 Å². The van der Waals surface area contributed by atoms with Gasteiger partial charge in [-0.3, -0.25) is 4.18 Å². The lowest BCUT2D eigenvalue weighted by Crippen LogP contribution is -2.13. The van der Waals surface area contributed by atoms with Crippen molar-refractivity contribution in [1.29, 1.82) is 0 Å². The summed E-state index contributed by atoms with van der Waals surface area (Å²) in [6.45, 7) is -2.87. The summed E-state index contributed by atoms with van der Waals surface area (Å²) in [6.07, 6.45) is 0.734. The largest absolute Gasteiger partial charge is 0.478 e. The summed E-state index contributed by atoms with van der Waals surface area (Å²) in [5.74, 6) is 0. The summed E-state index contributed by atoms with van der Waals surface area (Å²) in [7, 11) is -3.77. The zero-order valence-corrected chi connectivity index (χ0v) is 12.7. The van der Waals surface area contributed by atoms with Crippen LogP contribution in [0.25, 0.3) is 0 Å². The average Bonchev–Trinajstić information content (AvgIpc) is 2.36. The first-order chi connectivity index (χ1) is 9.71. The second kappa shape index (κ2) is 7.84. The Labute approximate surface area is 123 Å². The predicted molar refractivity (Wildman–Crippen MR) is 76.7 cm³/mol. The molecule has 0 bridgehead atoms. The lowest BCUT2D eigenvalue weighted by Gasteiger charge is -2.12. The molecular weight excluding hydrogens is 304 g/mol. The van der Waals surface area contributed by atoms with Crippen LogP contribution in [-0.2, 0) is 14.3 Å². The summed E-state index contributed by atoms with van der Waals surface area (Å²) in [6, 6.07) is 6.29. The maximum absolute atomic E-state index is 12.0. The predicted octanol–water partition coefficient (Wildman–Crippen LogP) is 4.11. The minimum absolute atomic E-state index is 0.00658. The smallest absolute Gasteiger partial charge is 0.449 e. The van der Waals surface area contributed by atoms with Gasteiger partial charge in [0, 0.05) is 0 Å². The van der Waals surface area contributed by atoms with E-state index in [9.17, 15) is 21.4 Å². The first-order valence-corrected chi connectivity index (χ1v) is 8.29. The third-order valence-corrected chi connectivity index (χ3v) is 4.30. The second-order valence-electron chi connectivity index (χ2n) is 5.00. The standard InChI is InChI=1S/C13H19BF3O3S/c1-12-6-8-13(9-7-12)21(18,19)20-11-5-3-2-4-10-14(15,16)17/h6-9H,2-5,10-11H2,1H3/q-1. The number of aryl methyl sites for hydroxylation is 1. The highest BCUT2D eigenvalue weighted by molar-refractivity contribution is 7.86. The van der Waals surface area contributed by atoms with Crippen LogP contribution in [0.5, 0.6) is 0 Å². The van der Waals surface area contributed by atoms with E-state index in [0.29, 0.717) is 19.3 Å². The molecule has 1 aromatic rings. The second-order valence-corrected chi connectivity index (χ2v) is 6.62. The highest BCUT2D eigenvalue weighted by Gasteiger charge is 2.21. The highest BCUT2D eigenvalue weighted by atomic mass is 32.2. The van der Waals surface area contributed by atoms with Crippen molar-refractivity contribution in [2.45, 2.75) is 43.8 Å². The topological polar surface area (TPSA) is 43.4 Å². The van der Waals surface area contributed by atoms with Gasteiger partial charge in [0.05, 0.1) is 11.5 Å². The number of halogens is 3. The van der Waals surface area contributed by atoms with Gasteiger partial charge in [-0.1, -0.05) is 43.3 Å². The fraction of sp³-hybridized carbons (Fsp3) is 0.538. The molecule has 0 saturated carbocycles. The number of rotatable bonds is 9. The van der Waals surface area contributed by atoms with Crippen LogP contribution in [0.4, 0.5) is 12.9 Å². The molecule has 120 valence electrons. The minimum atomic E-state index is -4.71.